The lowest BCUT2D eigenvalue weighted by atomic mass is 10.1. The standard InChI is InChI=1S/C18H22ClN3O2/c1-4-9-21(10-11-23)18(24)17-13(2)20-22(14(17)3)12-15-5-7-16(19)8-6-15/h4-8,23H,1,9-12H2,2-3H3. The van der Waals surface area contributed by atoms with Crippen LogP contribution in [0.4, 0.5) is 0 Å². The van der Waals surface area contributed by atoms with Crippen LogP contribution in [-0.2, 0) is 6.54 Å². The quantitative estimate of drug-likeness (QED) is 0.783. The van der Waals surface area contributed by atoms with Crippen LogP contribution in [0.15, 0.2) is 36.9 Å². The van der Waals surface area contributed by atoms with Gasteiger partial charge in [0.05, 0.1) is 24.4 Å². The van der Waals surface area contributed by atoms with Crippen LogP contribution in [0.5, 0.6) is 0 Å². The number of rotatable bonds is 7. The van der Waals surface area contributed by atoms with E-state index < -0.39 is 0 Å². The summed E-state index contributed by atoms with van der Waals surface area (Å²) in [6.07, 6.45) is 1.65. The van der Waals surface area contributed by atoms with E-state index in [0.29, 0.717) is 29.4 Å². The molecule has 1 aromatic carbocycles. The second kappa shape index (κ2) is 8.13. The Kier molecular flexibility index (Phi) is 6.17. The van der Waals surface area contributed by atoms with Gasteiger partial charge in [-0.15, -0.1) is 6.58 Å². The zero-order chi connectivity index (χ0) is 17.7. The van der Waals surface area contributed by atoms with E-state index in [1.807, 2.05) is 42.8 Å². The van der Waals surface area contributed by atoms with Crippen LogP contribution in [0.2, 0.25) is 5.02 Å². The molecule has 128 valence electrons. The first kappa shape index (κ1) is 18.2. The molecule has 0 unspecified atom stereocenters. The fraction of sp³-hybridized carbons (Fsp3) is 0.333. The van der Waals surface area contributed by atoms with Gasteiger partial charge in [0.25, 0.3) is 5.91 Å². The summed E-state index contributed by atoms with van der Waals surface area (Å²) in [5.74, 6) is -0.138. The van der Waals surface area contributed by atoms with E-state index >= 15 is 0 Å². The highest BCUT2D eigenvalue weighted by atomic mass is 35.5. The number of hydrogen-bond acceptors (Lipinski definition) is 3. The first-order valence-corrected chi connectivity index (χ1v) is 8.15. The van der Waals surface area contributed by atoms with E-state index in [1.54, 1.807) is 11.0 Å². The summed E-state index contributed by atoms with van der Waals surface area (Å²) < 4.78 is 1.82. The topological polar surface area (TPSA) is 58.4 Å². The van der Waals surface area contributed by atoms with Crippen molar-refractivity contribution in [3.8, 4) is 0 Å². The summed E-state index contributed by atoms with van der Waals surface area (Å²) in [5.41, 5.74) is 3.12. The minimum absolute atomic E-state index is 0.0867. The lowest BCUT2D eigenvalue weighted by Gasteiger charge is -2.20. The molecule has 0 saturated carbocycles. The molecular formula is C18H22ClN3O2. The minimum Gasteiger partial charge on any atom is -0.395 e. The van der Waals surface area contributed by atoms with Crippen LogP contribution in [-0.4, -0.2) is 45.4 Å². The van der Waals surface area contributed by atoms with Crippen LogP contribution in [0.1, 0.15) is 27.3 Å². The van der Waals surface area contributed by atoms with E-state index in [-0.39, 0.29) is 19.1 Å². The first-order valence-electron chi connectivity index (χ1n) is 7.77. The van der Waals surface area contributed by atoms with Crippen molar-refractivity contribution in [2.75, 3.05) is 19.7 Å². The van der Waals surface area contributed by atoms with Gasteiger partial charge in [-0.1, -0.05) is 29.8 Å². The van der Waals surface area contributed by atoms with Gasteiger partial charge in [-0.05, 0) is 31.5 Å². The third-order valence-corrected chi connectivity index (χ3v) is 4.10. The Morgan fingerprint density at radius 1 is 1.38 bits per heavy atom. The number of nitrogens with zero attached hydrogens (tertiary/aromatic N) is 3. The van der Waals surface area contributed by atoms with E-state index in [1.165, 1.54) is 0 Å². The molecule has 0 aliphatic heterocycles. The number of carbonyl (C=O) groups excluding carboxylic acids is 1. The number of aliphatic hydroxyl groups excluding tert-OH is 1. The van der Waals surface area contributed by atoms with Gasteiger partial charge >= 0.3 is 0 Å². The summed E-state index contributed by atoms with van der Waals surface area (Å²) in [6, 6.07) is 7.55. The Hall–Kier alpha value is -2.11. The highest BCUT2D eigenvalue weighted by molar-refractivity contribution is 6.30. The Labute approximate surface area is 147 Å². The fourth-order valence-corrected chi connectivity index (χ4v) is 2.76. The van der Waals surface area contributed by atoms with Gasteiger partial charge in [0.1, 0.15) is 0 Å². The maximum Gasteiger partial charge on any atom is 0.257 e. The molecule has 2 rings (SSSR count). The predicted molar refractivity (Wildman–Crippen MR) is 95.4 cm³/mol. The lowest BCUT2D eigenvalue weighted by Crippen LogP contribution is -2.34. The monoisotopic (exact) mass is 347 g/mol. The molecule has 0 spiro atoms. The number of halogens is 1. The average Bonchev–Trinajstić information content (AvgIpc) is 2.83. The molecule has 1 aromatic heterocycles. The Morgan fingerprint density at radius 3 is 2.62 bits per heavy atom. The van der Waals surface area contributed by atoms with Crippen LogP contribution in [0.3, 0.4) is 0 Å². The van der Waals surface area contributed by atoms with Crippen LogP contribution < -0.4 is 0 Å². The third kappa shape index (κ3) is 4.04. The molecule has 0 bridgehead atoms. The fourth-order valence-electron chi connectivity index (χ4n) is 2.63. The van der Waals surface area contributed by atoms with Gasteiger partial charge in [0, 0.05) is 23.8 Å². The number of amides is 1. The smallest absolute Gasteiger partial charge is 0.257 e. The molecule has 1 amide bonds. The molecule has 24 heavy (non-hydrogen) atoms. The van der Waals surface area contributed by atoms with Crippen molar-refractivity contribution in [3.63, 3.8) is 0 Å². The van der Waals surface area contributed by atoms with Crippen molar-refractivity contribution in [2.45, 2.75) is 20.4 Å². The average molecular weight is 348 g/mol. The second-order valence-corrected chi connectivity index (χ2v) is 6.03. The molecule has 1 heterocycles. The lowest BCUT2D eigenvalue weighted by molar-refractivity contribution is 0.0741. The summed E-state index contributed by atoms with van der Waals surface area (Å²) in [7, 11) is 0. The van der Waals surface area contributed by atoms with Crippen molar-refractivity contribution >= 4 is 17.5 Å². The SMILES string of the molecule is C=CCN(CCO)C(=O)c1c(C)nn(Cc2ccc(Cl)cc2)c1C. The molecule has 0 radical (unpaired) electrons. The molecule has 5 nitrogen and oxygen atoms in total. The summed E-state index contributed by atoms with van der Waals surface area (Å²) in [6.45, 7) is 8.51. The Balaban J connectivity index is 2.29. The zero-order valence-electron chi connectivity index (χ0n) is 14.0. The predicted octanol–water partition coefficient (Wildman–Crippen LogP) is 2.82. The largest absolute Gasteiger partial charge is 0.395 e. The van der Waals surface area contributed by atoms with Crippen LogP contribution in [0.25, 0.3) is 0 Å². The van der Waals surface area contributed by atoms with Gasteiger partial charge < -0.3 is 10.0 Å². The Morgan fingerprint density at radius 2 is 2.04 bits per heavy atom. The van der Waals surface area contributed by atoms with Crippen molar-refractivity contribution in [2.24, 2.45) is 0 Å². The number of carbonyl (C=O) groups is 1. The van der Waals surface area contributed by atoms with E-state index in [0.717, 1.165) is 11.3 Å². The maximum absolute atomic E-state index is 12.8. The van der Waals surface area contributed by atoms with E-state index in [2.05, 4.69) is 11.7 Å². The van der Waals surface area contributed by atoms with Crippen molar-refractivity contribution in [3.05, 3.63) is 64.5 Å². The number of aliphatic hydroxyl groups is 1. The molecular weight excluding hydrogens is 326 g/mol. The number of benzene rings is 1. The first-order chi connectivity index (χ1) is 11.5. The van der Waals surface area contributed by atoms with Crippen molar-refractivity contribution in [1.29, 1.82) is 0 Å². The molecule has 1 N–H and O–H groups in total. The molecule has 2 aromatic rings. The molecule has 0 saturated heterocycles. The van der Waals surface area contributed by atoms with Crippen LogP contribution in [0, 0.1) is 13.8 Å². The molecule has 6 heteroatoms. The van der Waals surface area contributed by atoms with Gasteiger partial charge in [-0.3, -0.25) is 9.48 Å². The van der Waals surface area contributed by atoms with Gasteiger partial charge in [-0.2, -0.15) is 5.10 Å². The molecule has 0 aliphatic carbocycles. The molecule has 0 aliphatic rings. The zero-order valence-corrected chi connectivity index (χ0v) is 14.8. The van der Waals surface area contributed by atoms with Crippen LogP contribution >= 0.6 is 11.6 Å². The summed E-state index contributed by atoms with van der Waals surface area (Å²) in [5, 5.41) is 14.3. The minimum atomic E-state index is -0.138. The van der Waals surface area contributed by atoms with Crippen molar-refractivity contribution < 1.29 is 9.90 Å². The van der Waals surface area contributed by atoms with E-state index in [9.17, 15) is 4.79 Å². The van der Waals surface area contributed by atoms with Gasteiger partial charge in [0.2, 0.25) is 0 Å². The maximum atomic E-state index is 12.8. The summed E-state index contributed by atoms with van der Waals surface area (Å²) >= 11 is 5.91. The van der Waals surface area contributed by atoms with Gasteiger partial charge in [0.15, 0.2) is 0 Å². The highest BCUT2D eigenvalue weighted by Crippen LogP contribution is 2.18. The number of hydrogen-bond donors (Lipinski definition) is 1. The van der Waals surface area contributed by atoms with Gasteiger partial charge in [-0.25, -0.2) is 0 Å². The molecule has 0 fully saturated rings. The number of aromatic nitrogens is 2. The van der Waals surface area contributed by atoms with Crippen molar-refractivity contribution in [1.82, 2.24) is 14.7 Å². The summed E-state index contributed by atoms with van der Waals surface area (Å²) in [4.78, 5) is 14.3. The van der Waals surface area contributed by atoms with E-state index in [4.69, 9.17) is 16.7 Å². The Bertz CT molecular complexity index is 723. The molecule has 0 atom stereocenters. The second-order valence-electron chi connectivity index (χ2n) is 5.59. The highest BCUT2D eigenvalue weighted by Gasteiger charge is 2.23. The number of aryl methyl sites for hydroxylation is 1. The third-order valence-electron chi connectivity index (χ3n) is 3.85. The normalized spacial score (nSPS) is 10.7.